The minimum atomic E-state index is 0.0396. The van der Waals surface area contributed by atoms with E-state index >= 15 is 0 Å². The third-order valence-electron chi connectivity index (χ3n) is 2.29. The zero-order valence-electron chi connectivity index (χ0n) is 7.83. The largest absolute Gasteiger partial charge is 0.391 e. The van der Waals surface area contributed by atoms with Gasteiger partial charge in [0.1, 0.15) is 11.8 Å². The van der Waals surface area contributed by atoms with E-state index in [0.717, 1.165) is 12.8 Å². The summed E-state index contributed by atoms with van der Waals surface area (Å²) in [6, 6.07) is 0. The van der Waals surface area contributed by atoms with Gasteiger partial charge in [-0.15, -0.1) is 0 Å². The summed E-state index contributed by atoms with van der Waals surface area (Å²) in [5.41, 5.74) is 0.615. The van der Waals surface area contributed by atoms with Gasteiger partial charge in [0.15, 0.2) is 5.78 Å². The molecule has 0 spiro atoms. The highest BCUT2D eigenvalue weighted by atomic mass is 16.6. The number of hydrogen-bond acceptors (Lipinski definition) is 3. The second kappa shape index (κ2) is 3.70. The van der Waals surface area contributed by atoms with Gasteiger partial charge in [-0.3, -0.25) is 4.79 Å². The second-order valence-electron chi connectivity index (χ2n) is 3.10. The molecule has 3 heteroatoms. The number of nitrogens with zero attached hydrogens (tertiary/aromatic N) is 1. The number of hydrogen-bond donors (Lipinski definition) is 0. The summed E-state index contributed by atoms with van der Waals surface area (Å²) in [4.78, 5) is 16.2. The second-order valence-corrected chi connectivity index (χ2v) is 3.10. The van der Waals surface area contributed by atoms with Crippen molar-refractivity contribution in [3.63, 3.8) is 0 Å². The Balaban J connectivity index is 2.71. The van der Waals surface area contributed by atoms with Crippen LogP contribution in [-0.2, 0) is 9.63 Å². The van der Waals surface area contributed by atoms with Crippen LogP contribution >= 0.6 is 0 Å². The maximum Gasteiger partial charge on any atom is 0.177 e. The molecule has 0 aromatic carbocycles. The minimum Gasteiger partial charge on any atom is -0.391 e. The maximum atomic E-state index is 11.1. The quantitative estimate of drug-likeness (QED) is 0.645. The Bertz CT molecular complexity index is 211. The van der Waals surface area contributed by atoms with Crippen LogP contribution in [0.5, 0.6) is 0 Å². The molecule has 0 radical (unpaired) electrons. The number of carbonyl (C=O) groups excluding carboxylic acids is 1. The summed E-state index contributed by atoms with van der Waals surface area (Å²) in [7, 11) is 0. The zero-order valence-corrected chi connectivity index (χ0v) is 7.83. The lowest BCUT2D eigenvalue weighted by Crippen LogP contribution is -2.26. The third kappa shape index (κ3) is 1.49. The van der Waals surface area contributed by atoms with Crippen molar-refractivity contribution in [3.05, 3.63) is 0 Å². The van der Waals surface area contributed by atoms with Gasteiger partial charge in [-0.05, 0) is 12.8 Å². The number of oxime groups is 1. The van der Waals surface area contributed by atoms with E-state index in [2.05, 4.69) is 12.1 Å². The monoisotopic (exact) mass is 169 g/mol. The maximum absolute atomic E-state index is 11.1. The van der Waals surface area contributed by atoms with Gasteiger partial charge in [-0.1, -0.05) is 19.0 Å². The average molecular weight is 169 g/mol. The molecule has 0 aromatic rings. The van der Waals surface area contributed by atoms with E-state index in [-0.39, 0.29) is 17.8 Å². The number of rotatable bonds is 3. The van der Waals surface area contributed by atoms with Crippen LogP contribution in [0.1, 0.15) is 33.6 Å². The predicted octanol–water partition coefficient (Wildman–Crippen LogP) is 1.77. The van der Waals surface area contributed by atoms with Gasteiger partial charge < -0.3 is 4.84 Å². The number of ketones is 1. The summed E-state index contributed by atoms with van der Waals surface area (Å²) in [6.45, 7) is 5.65. The van der Waals surface area contributed by atoms with Crippen molar-refractivity contribution in [3.8, 4) is 0 Å². The van der Waals surface area contributed by atoms with Crippen LogP contribution in [0.4, 0.5) is 0 Å². The topological polar surface area (TPSA) is 38.7 Å². The summed E-state index contributed by atoms with van der Waals surface area (Å²) in [5.74, 6) is 0.255. The van der Waals surface area contributed by atoms with E-state index in [1.807, 2.05) is 6.92 Å². The van der Waals surface area contributed by atoms with Gasteiger partial charge in [-0.2, -0.15) is 0 Å². The Kier molecular flexibility index (Phi) is 2.84. The van der Waals surface area contributed by atoms with Gasteiger partial charge in [0.2, 0.25) is 0 Å². The van der Waals surface area contributed by atoms with Crippen molar-refractivity contribution >= 4 is 11.5 Å². The van der Waals surface area contributed by atoms with Crippen molar-refractivity contribution in [2.45, 2.75) is 39.7 Å². The van der Waals surface area contributed by atoms with Crippen molar-refractivity contribution in [2.75, 3.05) is 0 Å². The fraction of sp³-hybridized carbons (Fsp3) is 0.778. The first kappa shape index (κ1) is 9.23. The Morgan fingerprint density at radius 3 is 2.58 bits per heavy atom. The average Bonchev–Trinajstić information content (AvgIpc) is 2.46. The molecule has 0 N–H and O–H groups in total. The molecule has 0 bridgehead atoms. The molecule has 0 saturated carbocycles. The first-order chi connectivity index (χ1) is 5.70. The molecule has 0 aromatic heterocycles. The molecule has 0 amide bonds. The van der Waals surface area contributed by atoms with E-state index in [4.69, 9.17) is 4.84 Å². The molecule has 68 valence electrons. The lowest BCUT2D eigenvalue weighted by Gasteiger charge is -2.13. The van der Waals surface area contributed by atoms with Crippen LogP contribution in [0, 0.1) is 5.92 Å². The summed E-state index contributed by atoms with van der Waals surface area (Å²) in [6.07, 6.45) is 1.96. The van der Waals surface area contributed by atoms with Crippen molar-refractivity contribution in [1.29, 1.82) is 0 Å². The first-order valence-electron chi connectivity index (χ1n) is 4.45. The smallest absolute Gasteiger partial charge is 0.177 e. The molecule has 0 fully saturated rings. The lowest BCUT2D eigenvalue weighted by molar-refractivity contribution is -0.111. The predicted molar refractivity (Wildman–Crippen MR) is 47.1 cm³/mol. The molecule has 1 heterocycles. The Morgan fingerprint density at radius 1 is 1.50 bits per heavy atom. The van der Waals surface area contributed by atoms with Gasteiger partial charge in [-0.25, -0.2) is 0 Å². The van der Waals surface area contributed by atoms with Gasteiger partial charge in [0.25, 0.3) is 0 Å². The van der Waals surface area contributed by atoms with Crippen LogP contribution < -0.4 is 0 Å². The number of carbonyl (C=O) groups is 1. The molecule has 3 nitrogen and oxygen atoms in total. The van der Waals surface area contributed by atoms with E-state index in [9.17, 15) is 4.79 Å². The van der Waals surface area contributed by atoms with Crippen LogP contribution in [0.25, 0.3) is 0 Å². The Morgan fingerprint density at radius 2 is 2.17 bits per heavy atom. The van der Waals surface area contributed by atoms with Gasteiger partial charge >= 0.3 is 0 Å². The van der Waals surface area contributed by atoms with E-state index in [1.54, 1.807) is 6.92 Å². The zero-order chi connectivity index (χ0) is 9.14. The molecule has 12 heavy (non-hydrogen) atoms. The van der Waals surface area contributed by atoms with Crippen LogP contribution in [0.2, 0.25) is 0 Å². The molecule has 0 saturated heterocycles. The fourth-order valence-corrected chi connectivity index (χ4v) is 1.58. The van der Waals surface area contributed by atoms with Crippen molar-refractivity contribution < 1.29 is 9.63 Å². The van der Waals surface area contributed by atoms with Crippen LogP contribution in [0.3, 0.4) is 0 Å². The van der Waals surface area contributed by atoms with Crippen molar-refractivity contribution in [1.82, 2.24) is 0 Å². The lowest BCUT2D eigenvalue weighted by atomic mass is 9.91. The SMILES string of the molecule is CCC1ON=C(C(C)=O)C1CC. The highest BCUT2D eigenvalue weighted by Gasteiger charge is 2.33. The van der Waals surface area contributed by atoms with Gasteiger partial charge in [0.05, 0.1) is 0 Å². The molecule has 1 aliphatic heterocycles. The summed E-state index contributed by atoms with van der Waals surface area (Å²) < 4.78 is 0. The summed E-state index contributed by atoms with van der Waals surface area (Å²) >= 11 is 0. The van der Waals surface area contributed by atoms with Crippen LogP contribution in [-0.4, -0.2) is 17.6 Å². The molecule has 0 aliphatic carbocycles. The van der Waals surface area contributed by atoms with Crippen LogP contribution in [0.15, 0.2) is 5.16 Å². The first-order valence-corrected chi connectivity index (χ1v) is 4.45. The minimum absolute atomic E-state index is 0.0396. The Labute approximate surface area is 72.8 Å². The van der Waals surface area contributed by atoms with Gasteiger partial charge in [0, 0.05) is 12.8 Å². The number of Topliss-reactive ketones (excluding diaryl/α,β-unsaturated/α-hetero) is 1. The normalized spacial score (nSPS) is 28.1. The van der Waals surface area contributed by atoms with Crippen molar-refractivity contribution in [2.24, 2.45) is 11.1 Å². The third-order valence-corrected chi connectivity index (χ3v) is 2.29. The van der Waals surface area contributed by atoms with E-state index < -0.39 is 0 Å². The summed E-state index contributed by atoms with van der Waals surface area (Å²) in [5, 5.41) is 3.81. The highest BCUT2D eigenvalue weighted by molar-refractivity contribution is 6.40. The molecule has 1 rings (SSSR count). The molecule has 2 atom stereocenters. The fourth-order valence-electron chi connectivity index (χ4n) is 1.58. The van der Waals surface area contributed by atoms with E-state index in [0.29, 0.717) is 5.71 Å². The van der Waals surface area contributed by atoms with E-state index in [1.165, 1.54) is 0 Å². The Hall–Kier alpha value is -0.860. The standard InChI is InChI=1S/C9H15NO2/c1-4-7-8(5-2)12-10-9(7)6(3)11/h7-8H,4-5H2,1-3H3. The highest BCUT2D eigenvalue weighted by Crippen LogP contribution is 2.24. The molecular weight excluding hydrogens is 154 g/mol. The molecule has 2 unspecified atom stereocenters. The molecular formula is C9H15NO2. The molecule has 1 aliphatic rings.